The minimum absolute atomic E-state index is 0.146. The van der Waals surface area contributed by atoms with E-state index in [1.807, 2.05) is 11.0 Å². The van der Waals surface area contributed by atoms with E-state index in [2.05, 4.69) is 15.4 Å². The summed E-state index contributed by atoms with van der Waals surface area (Å²) in [6.45, 7) is 2.29. The van der Waals surface area contributed by atoms with Crippen LogP contribution in [-0.2, 0) is 0 Å². The zero-order valence-corrected chi connectivity index (χ0v) is 10.8. The van der Waals surface area contributed by atoms with Gasteiger partial charge in [0.05, 0.1) is 11.9 Å². The fraction of sp³-hybridized carbons (Fsp3) is 0.308. The SMILES string of the molecule is O=C(c1cn[nH]n1)N1CCN(c2ccccc2F)CC1. The predicted octanol–water partition coefficient (Wildman–Crippen LogP) is 0.906. The van der Waals surface area contributed by atoms with Crippen LogP contribution in [0.2, 0.25) is 0 Å². The van der Waals surface area contributed by atoms with Gasteiger partial charge in [0, 0.05) is 26.2 Å². The molecule has 1 aliphatic rings. The molecule has 0 bridgehead atoms. The highest BCUT2D eigenvalue weighted by Crippen LogP contribution is 2.20. The van der Waals surface area contributed by atoms with Crippen LogP contribution in [0, 0.1) is 5.82 Å². The van der Waals surface area contributed by atoms with Crippen molar-refractivity contribution in [2.24, 2.45) is 0 Å². The Morgan fingerprint density at radius 2 is 1.95 bits per heavy atom. The molecule has 1 saturated heterocycles. The second-order valence-corrected chi connectivity index (χ2v) is 4.59. The number of benzene rings is 1. The van der Waals surface area contributed by atoms with Crippen molar-refractivity contribution >= 4 is 11.6 Å². The van der Waals surface area contributed by atoms with Gasteiger partial charge < -0.3 is 9.80 Å². The first-order valence-corrected chi connectivity index (χ1v) is 6.40. The average Bonchev–Trinajstić information content (AvgIpc) is 3.01. The first kappa shape index (κ1) is 12.6. The van der Waals surface area contributed by atoms with E-state index in [4.69, 9.17) is 0 Å². The summed E-state index contributed by atoms with van der Waals surface area (Å²) < 4.78 is 13.7. The third-order valence-electron chi connectivity index (χ3n) is 3.39. The van der Waals surface area contributed by atoms with Gasteiger partial charge in [-0.1, -0.05) is 12.1 Å². The number of carbonyl (C=O) groups is 1. The van der Waals surface area contributed by atoms with Crippen LogP contribution in [-0.4, -0.2) is 52.4 Å². The van der Waals surface area contributed by atoms with E-state index in [1.54, 1.807) is 17.0 Å². The van der Waals surface area contributed by atoms with Gasteiger partial charge in [-0.3, -0.25) is 4.79 Å². The minimum Gasteiger partial charge on any atom is -0.366 e. The number of carbonyl (C=O) groups excluding carboxylic acids is 1. The summed E-state index contributed by atoms with van der Waals surface area (Å²) in [5.41, 5.74) is 0.894. The number of amides is 1. The van der Waals surface area contributed by atoms with Gasteiger partial charge in [-0.2, -0.15) is 15.4 Å². The number of piperazine rings is 1. The Balaban J connectivity index is 1.65. The zero-order chi connectivity index (χ0) is 13.9. The lowest BCUT2D eigenvalue weighted by molar-refractivity contribution is 0.0740. The number of aromatic amines is 1. The van der Waals surface area contributed by atoms with E-state index >= 15 is 0 Å². The maximum absolute atomic E-state index is 13.7. The smallest absolute Gasteiger partial charge is 0.276 e. The lowest BCUT2D eigenvalue weighted by Gasteiger charge is -2.35. The molecule has 0 radical (unpaired) electrons. The molecule has 0 aliphatic carbocycles. The van der Waals surface area contributed by atoms with Gasteiger partial charge in [0.15, 0.2) is 5.69 Å². The van der Waals surface area contributed by atoms with E-state index in [-0.39, 0.29) is 11.7 Å². The van der Waals surface area contributed by atoms with Gasteiger partial charge in [-0.05, 0) is 12.1 Å². The predicted molar refractivity (Wildman–Crippen MR) is 70.9 cm³/mol. The van der Waals surface area contributed by atoms with Gasteiger partial charge in [-0.25, -0.2) is 4.39 Å². The highest BCUT2D eigenvalue weighted by Gasteiger charge is 2.24. The molecule has 104 valence electrons. The molecule has 20 heavy (non-hydrogen) atoms. The summed E-state index contributed by atoms with van der Waals surface area (Å²) in [6, 6.07) is 6.68. The highest BCUT2D eigenvalue weighted by atomic mass is 19.1. The second kappa shape index (κ2) is 5.28. The molecular formula is C13H14FN5O. The molecule has 1 N–H and O–H groups in total. The molecule has 2 aromatic rings. The number of nitrogens with one attached hydrogen (secondary N) is 1. The van der Waals surface area contributed by atoms with Crippen LogP contribution in [0.3, 0.4) is 0 Å². The second-order valence-electron chi connectivity index (χ2n) is 4.59. The molecule has 1 fully saturated rings. The first-order chi connectivity index (χ1) is 9.75. The molecule has 1 amide bonds. The molecule has 0 spiro atoms. The molecule has 1 aromatic heterocycles. The lowest BCUT2D eigenvalue weighted by Crippen LogP contribution is -2.49. The molecular weight excluding hydrogens is 261 g/mol. The van der Waals surface area contributed by atoms with Gasteiger partial charge >= 0.3 is 0 Å². The Morgan fingerprint density at radius 1 is 1.20 bits per heavy atom. The summed E-state index contributed by atoms with van der Waals surface area (Å²) in [4.78, 5) is 15.7. The summed E-state index contributed by atoms with van der Waals surface area (Å²) >= 11 is 0. The van der Waals surface area contributed by atoms with Gasteiger partial charge in [0.25, 0.3) is 5.91 Å². The lowest BCUT2D eigenvalue weighted by atomic mass is 10.2. The average molecular weight is 275 g/mol. The number of anilines is 1. The number of hydrogen-bond acceptors (Lipinski definition) is 4. The number of nitrogens with zero attached hydrogens (tertiary/aromatic N) is 4. The molecule has 6 nitrogen and oxygen atoms in total. The van der Waals surface area contributed by atoms with E-state index in [0.29, 0.717) is 37.6 Å². The highest BCUT2D eigenvalue weighted by molar-refractivity contribution is 5.92. The number of halogens is 1. The topological polar surface area (TPSA) is 65.1 Å². The van der Waals surface area contributed by atoms with Crippen molar-refractivity contribution in [3.63, 3.8) is 0 Å². The number of aromatic nitrogens is 3. The summed E-state index contributed by atoms with van der Waals surface area (Å²) in [5.74, 6) is -0.379. The number of rotatable bonds is 2. The maximum atomic E-state index is 13.7. The molecule has 0 unspecified atom stereocenters. The van der Waals surface area contributed by atoms with Crippen molar-refractivity contribution < 1.29 is 9.18 Å². The molecule has 3 rings (SSSR count). The van der Waals surface area contributed by atoms with E-state index < -0.39 is 0 Å². The van der Waals surface area contributed by atoms with Crippen LogP contribution in [0.15, 0.2) is 30.5 Å². The van der Waals surface area contributed by atoms with Crippen LogP contribution in [0.4, 0.5) is 10.1 Å². The molecule has 7 heteroatoms. The van der Waals surface area contributed by atoms with Crippen molar-refractivity contribution in [2.75, 3.05) is 31.1 Å². The van der Waals surface area contributed by atoms with Crippen LogP contribution < -0.4 is 4.90 Å². The Bertz CT molecular complexity index is 593. The van der Waals surface area contributed by atoms with Gasteiger partial charge in [0.2, 0.25) is 0 Å². The Labute approximate surface area is 115 Å². The first-order valence-electron chi connectivity index (χ1n) is 6.40. The Hall–Kier alpha value is -2.44. The van der Waals surface area contributed by atoms with Crippen LogP contribution in [0.1, 0.15) is 10.5 Å². The third kappa shape index (κ3) is 2.34. The van der Waals surface area contributed by atoms with Crippen molar-refractivity contribution in [2.45, 2.75) is 0 Å². The standard InChI is InChI=1S/C13H14FN5O/c14-10-3-1-2-4-12(10)18-5-7-19(8-6-18)13(20)11-9-15-17-16-11/h1-4,9H,5-8H2,(H,15,16,17). The zero-order valence-electron chi connectivity index (χ0n) is 10.8. The monoisotopic (exact) mass is 275 g/mol. The number of para-hydroxylation sites is 1. The quantitative estimate of drug-likeness (QED) is 0.884. The molecule has 0 atom stereocenters. The molecule has 2 heterocycles. The molecule has 1 aliphatic heterocycles. The Morgan fingerprint density at radius 3 is 2.60 bits per heavy atom. The van der Waals surface area contributed by atoms with Crippen LogP contribution in [0.25, 0.3) is 0 Å². The normalized spacial score (nSPS) is 15.4. The van der Waals surface area contributed by atoms with Crippen molar-refractivity contribution in [1.82, 2.24) is 20.3 Å². The molecule has 1 aromatic carbocycles. The van der Waals surface area contributed by atoms with Crippen molar-refractivity contribution in [3.05, 3.63) is 42.0 Å². The fourth-order valence-corrected chi connectivity index (χ4v) is 2.33. The molecule has 0 saturated carbocycles. The largest absolute Gasteiger partial charge is 0.366 e. The summed E-state index contributed by atoms with van der Waals surface area (Å²) in [6.07, 6.45) is 1.41. The third-order valence-corrected chi connectivity index (χ3v) is 3.39. The van der Waals surface area contributed by atoms with E-state index in [0.717, 1.165) is 0 Å². The fourth-order valence-electron chi connectivity index (χ4n) is 2.33. The summed E-state index contributed by atoms with van der Waals surface area (Å²) in [5, 5.41) is 9.83. The van der Waals surface area contributed by atoms with Crippen LogP contribution >= 0.6 is 0 Å². The van der Waals surface area contributed by atoms with Crippen LogP contribution in [0.5, 0.6) is 0 Å². The summed E-state index contributed by atoms with van der Waals surface area (Å²) in [7, 11) is 0. The van der Waals surface area contributed by atoms with Gasteiger partial charge in [0.1, 0.15) is 5.82 Å². The Kier molecular flexibility index (Phi) is 3.32. The minimum atomic E-state index is -0.233. The van der Waals surface area contributed by atoms with E-state index in [9.17, 15) is 9.18 Å². The van der Waals surface area contributed by atoms with Gasteiger partial charge in [-0.15, -0.1) is 0 Å². The number of H-pyrrole nitrogens is 1. The number of hydrogen-bond donors (Lipinski definition) is 1. The van der Waals surface area contributed by atoms with E-state index in [1.165, 1.54) is 12.3 Å². The maximum Gasteiger partial charge on any atom is 0.276 e. The van der Waals surface area contributed by atoms with Crippen molar-refractivity contribution in [1.29, 1.82) is 0 Å². The van der Waals surface area contributed by atoms with Crippen molar-refractivity contribution in [3.8, 4) is 0 Å².